The van der Waals surface area contributed by atoms with E-state index in [2.05, 4.69) is 21.2 Å². The van der Waals surface area contributed by atoms with Crippen molar-refractivity contribution in [2.24, 2.45) is 0 Å². The molecular weight excluding hydrogens is 298 g/mol. The van der Waals surface area contributed by atoms with Gasteiger partial charge in [0.25, 0.3) is 10.1 Å². The van der Waals surface area contributed by atoms with E-state index in [0.717, 1.165) is 10.5 Å². The van der Waals surface area contributed by atoms with Crippen LogP contribution in [0.15, 0.2) is 28.7 Å². The van der Waals surface area contributed by atoms with Crippen molar-refractivity contribution in [1.82, 2.24) is 0 Å². The maximum atomic E-state index is 10.9. The van der Waals surface area contributed by atoms with Gasteiger partial charge in [-0.15, -0.1) is 0 Å². The molecule has 0 amide bonds. The molecule has 0 aromatic heterocycles. The van der Waals surface area contributed by atoms with Gasteiger partial charge in [0.05, 0.1) is 0 Å². The molecule has 3 N–H and O–H groups in total. The Bertz CT molecular complexity index is 567. The van der Waals surface area contributed by atoms with Gasteiger partial charge >= 0.3 is 0 Å². The van der Waals surface area contributed by atoms with Gasteiger partial charge in [-0.25, -0.2) is 0 Å². The highest BCUT2D eigenvalue weighted by molar-refractivity contribution is 9.10. The highest BCUT2D eigenvalue weighted by Crippen LogP contribution is 2.31. The van der Waals surface area contributed by atoms with E-state index in [1.54, 1.807) is 18.2 Å². The highest BCUT2D eigenvalue weighted by Gasteiger charge is 2.27. The average Bonchev–Trinajstić information content (AvgIpc) is 2.17. The fourth-order valence-corrected chi connectivity index (χ4v) is 2.38. The van der Waals surface area contributed by atoms with Gasteiger partial charge in [0.15, 0.2) is 5.37 Å². The number of halogens is 1. The second-order valence-corrected chi connectivity index (χ2v) is 5.78. The number of hydrogen-bond acceptors (Lipinski definition) is 4. The van der Waals surface area contributed by atoms with Crippen LogP contribution in [0.3, 0.4) is 0 Å². The van der Waals surface area contributed by atoms with E-state index in [4.69, 9.17) is 4.55 Å². The van der Waals surface area contributed by atoms with E-state index in [-0.39, 0.29) is 5.76 Å². The van der Waals surface area contributed by atoms with E-state index in [0.29, 0.717) is 11.3 Å². The summed E-state index contributed by atoms with van der Waals surface area (Å²) in [5.74, 6) is -0.183. The summed E-state index contributed by atoms with van der Waals surface area (Å²) in [6, 6.07) is 4.96. The third-order valence-electron chi connectivity index (χ3n) is 2.19. The number of hydrogen-bond donors (Lipinski definition) is 3. The average molecular weight is 306 g/mol. The first kappa shape index (κ1) is 11.4. The molecule has 1 heterocycles. The number of fused-ring (bicyclic) bond motifs is 1. The second kappa shape index (κ2) is 3.76. The number of nitrogens with one attached hydrogen (secondary N) is 1. The molecule has 0 saturated carbocycles. The number of rotatable bonds is 1. The van der Waals surface area contributed by atoms with E-state index < -0.39 is 15.5 Å². The van der Waals surface area contributed by atoms with Crippen molar-refractivity contribution in [2.45, 2.75) is 5.37 Å². The first-order valence-corrected chi connectivity index (χ1v) is 6.61. The zero-order chi connectivity index (χ0) is 11.9. The molecule has 1 aromatic carbocycles. The maximum Gasteiger partial charge on any atom is 0.290 e. The van der Waals surface area contributed by atoms with Crippen molar-refractivity contribution in [2.75, 3.05) is 5.32 Å². The Kier molecular flexibility index (Phi) is 2.69. The largest absolute Gasteiger partial charge is 0.507 e. The Morgan fingerprint density at radius 2 is 2.06 bits per heavy atom. The van der Waals surface area contributed by atoms with Crippen molar-refractivity contribution in [3.05, 3.63) is 34.3 Å². The van der Waals surface area contributed by atoms with Gasteiger partial charge in [-0.1, -0.05) is 15.9 Å². The highest BCUT2D eigenvalue weighted by atomic mass is 79.9. The second-order valence-electron chi connectivity index (χ2n) is 3.32. The van der Waals surface area contributed by atoms with Crippen molar-refractivity contribution >= 4 is 37.5 Å². The van der Waals surface area contributed by atoms with Gasteiger partial charge in [0.2, 0.25) is 0 Å². The van der Waals surface area contributed by atoms with Crippen LogP contribution in [0, 0.1) is 0 Å². The van der Waals surface area contributed by atoms with E-state index in [1.165, 1.54) is 0 Å². The lowest BCUT2D eigenvalue weighted by atomic mass is 10.1. The lowest BCUT2D eigenvalue weighted by molar-refractivity contribution is 0.473. The Morgan fingerprint density at radius 1 is 1.38 bits per heavy atom. The van der Waals surface area contributed by atoms with Crippen molar-refractivity contribution < 1.29 is 18.1 Å². The molecule has 0 spiro atoms. The number of benzene rings is 1. The predicted octanol–water partition coefficient (Wildman–Crippen LogP) is 1.99. The Balaban J connectivity index is 2.51. The summed E-state index contributed by atoms with van der Waals surface area (Å²) >= 11 is 3.24. The summed E-state index contributed by atoms with van der Waals surface area (Å²) in [6.45, 7) is 0. The van der Waals surface area contributed by atoms with Gasteiger partial charge in [0, 0.05) is 15.7 Å². The van der Waals surface area contributed by atoms with Crippen molar-refractivity contribution in [1.29, 1.82) is 0 Å². The SMILES string of the molecule is O=S(=O)(O)C1C=C(O)c2cc(Br)ccc2N1. The minimum Gasteiger partial charge on any atom is -0.507 e. The van der Waals surface area contributed by atoms with Gasteiger partial charge in [0.1, 0.15) is 5.76 Å². The van der Waals surface area contributed by atoms with Crippen LogP contribution in [0.25, 0.3) is 5.76 Å². The molecule has 0 radical (unpaired) electrons. The molecule has 0 saturated heterocycles. The fourth-order valence-electron chi connectivity index (χ4n) is 1.44. The van der Waals surface area contributed by atoms with Crippen molar-refractivity contribution in [3.63, 3.8) is 0 Å². The quantitative estimate of drug-likeness (QED) is 0.691. The summed E-state index contributed by atoms with van der Waals surface area (Å²) in [7, 11) is -4.27. The predicted molar refractivity (Wildman–Crippen MR) is 63.7 cm³/mol. The molecule has 0 aliphatic carbocycles. The number of anilines is 1. The Labute approximate surface area is 101 Å². The molecule has 1 aliphatic rings. The third-order valence-corrected chi connectivity index (χ3v) is 3.57. The van der Waals surface area contributed by atoms with E-state index >= 15 is 0 Å². The monoisotopic (exact) mass is 305 g/mol. The summed E-state index contributed by atoms with van der Waals surface area (Å²) in [5.41, 5.74) is 0.931. The molecule has 86 valence electrons. The summed E-state index contributed by atoms with van der Waals surface area (Å²) in [4.78, 5) is 0. The lowest BCUT2D eigenvalue weighted by Crippen LogP contribution is -2.30. The maximum absolute atomic E-state index is 10.9. The molecule has 1 aliphatic heterocycles. The fraction of sp³-hybridized carbons (Fsp3) is 0.111. The first-order valence-electron chi connectivity index (χ1n) is 4.31. The van der Waals surface area contributed by atoms with Crippen molar-refractivity contribution in [3.8, 4) is 0 Å². The van der Waals surface area contributed by atoms with Crippen LogP contribution in [0.2, 0.25) is 0 Å². The van der Waals surface area contributed by atoms with Gasteiger partial charge in [-0.05, 0) is 24.3 Å². The molecule has 1 atom stereocenters. The zero-order valence-electron chi connectivity index (χ0n) is 7.88. The molecule has 16 heavy (non-hydrogen) atoms. The van der Waals surface area contributed by atoms with Crippen LogP contribution in [-0.4, -0.2) is 23.5 Å². The smallest absolute Gasteiger partial charge is 0.290 e. The van der Waals surface area contributed by atoms with Crippen LogP contribution in [-0.2, 0) is 10.1 Å². The standard InChI is InChI=1S/C9H8BrNO4S/c10-5-1-2-7-6(3-5)8(12)4-9(11-7)16(13,14)15/h1-4,9,11-12H,(H,13,14,15). The molecule has 0 bridgehead atoms. The Hall–Kier alpha value is -1.05. The molecule has 1 aromatic rings. The minimum atomic E-state index is -4.27. The van der Waals surface area contributed by atoms with Crippen LogP contribution < -0.4 is 5.32 Å². The Morgan fingerprint density at radius 3 is 2.69 bits per heavy atom. The summed E-state index contributed by atoms with van der Waals surface area (Å²) < 4.78 is 31.5. The van der Waals surface area contributed by atoms with Crippen LogP contribution in [0.5, 0.6) is 0 Å². The third kappa shape index (κ3) is 2.06. The van der Waals surface area contributed by atoms with Gasteiger partial charge < -0.3 is 10.4 Å². The van der Waals surface area contributed by atoms with E-state index in [9.17, 15) is 13.5 Å². The molecule has 5 nitrogen and oxygen atoms in total. The van der Waals surface area contributed by atoms with Gasteiger partial charge in [-0.2, -0.15) is 8.42 Å². The first-order chi connectivity index (χ1) is 7.38. The van der Waals surface area contributed by atoms with Gasteiger partial charge in [-0.3, -0.25) is 4.55 Å². The number of aliphatic hydroxyl groups excluding tert-OH is 1. The van der Waals surface area contributed by atoms with Crippen LogP contribution >= 0.6 is 15.9 Å². The number of aliphatic hydroxyl groups is 1. The molecule has 1 unspecified atom stereocenters. The van der Waals surface area contributed by atoms with Crippen LogP contribution in [0.4, 0.5) is 5.69 Å². The molecular formula is C9H8BrNO4S. The molecule has 7 heteroatoms. The minimum absolute atomic E-state index is 0.183. The molecule has 2 rings (SSSR count). The summed E-state index contributed by atoms with van der Waals surface area (Å²) in [6.07, 6.45) is 1.05. The molecule has 0 fully saturated rings. The van der Waals surface area contributed by atoms with E-state index in [1.807, 2.05) is 0 Å². The topological polar surface area (TPSA) is 86.6 Å². The lowest BCUT2D eigenvalue weighted by Gasteiger charge is -2.21. The zero-order valence-corrected chi connectivity index (χ0v) is 10.3. The normalized spacial score (nSPS) is 19.6. The summed E-state index contributed by atoms with van der Waals surface area (Å²) in [5, 5.41) is 10.9. The van der Waals surface area contributed by atoms with Crippen LogP contribution in [0.1, 0.15) is 5.56 Å².